The van der Waals surface area contributed by atoms with Crippen LogP contribution in [0.15, 0.2) is 42.5 Å². The van der Waals surface area contributed by atoms with Crippen molar-refractivity contribution in [1.29, 1.82) is 0 Å². The summed E-state index contributed by atoms with van der Waals surface area (Å²) in [5.74, 6) is 2.69. The molecule has 3 aliphatic heterocycles. The van der Waals surface area contributed by atoms with Crippen LogP contribution in [0.5, 0.6) is 23.0 Å². The molecule has 3 atom stereocenters. The van der Waals surface area contributed by atoms with E-state index in [1.54, 1.807) is 26.4 Å². The van der Waals surface area contributed by atoms with Crippen molar-refractivity contribution in [2.45, 2.75) is 19.1 Å². The molecule has 36 heavy (non-hydrogen) atoms. The third kappa shape index (κ3) is 5.45. The summed E-state index contributed by atoms with van der Waals surface area (Å²) in [6.07, 6.45) is 2.24. The molecule has 0 aromatic heterocycles. The van der Waals surface area contributed by atoms with Crippen molar-refractivity contribution >= 4 is 5.57 Å². The van der Waals surface area contributed by atoms with E-state index in [1.807, 2.05) is 19.1 Å². The molecular weight excluding hydrogens is 463 g/mol. The first kappa shape index (κ1) is 24.9. The number of nitrogens with zero attached hydrogens (tertiary/aromatic N) is 2. The zero-order valence-electron chi connectivity index (χ0n) is 21.2. The van der Waals surface area contributed by atoms with Crippen LogP contribution in [0.25, 0.3) is 5.57 Å². The van der Waals surface area contributed by atoms with Crippen LogP contribution in [0.3, 0.4) is 0 Å². The van der Waals surface area contributed by atoms with E-state index in [1.165, 1.54) is 17.7 Å². The smallest absolute Gasteiger partial charge is 0.164 e. The number of halogens is 1. The Kier molecular flexibility index (Phi) is 7.65. The fraction of sp³-hybridized carbons (Fsp3) is 0.500. The zero-order chi connectivity index (χ0) is 25.1. The number of methoxy groups -OCH3 is 2. The molecular formula is C28H35FN2O5. The summed E-state index contributed by atoms with van der Waals surface area (Å²) in [5.41, 5.74) is 2.34. The van der Waals surface area contributed by atoms with Crippen LogP contribution >= 0.6 is 0 Å². The van der Waals surface area contributed by atoms with Gasteiger partial charge in [0.05, 0.1) is 33.5 Å². The largest absolute Gasteiger partial charge is 0.493 e. The van der Waals surface area contributed by atoms with Gasteiger partial charge in [0.25, 0.3) is 0 Å². The molecule has 0 amide bonds. The van der Waals surface area contributed by atoms with E-state index < -0.39 is 0 Å². The van der Waals surface area contributed by atoms with Gasteiger partial charge < -0.3 is 23.7 Å². The average molecular weight is 499 g/mol. The van der Waals surface area contributed by atoms with Crippen molar-refractivity contribution in [1.82, 2.24) is 9.80 Å². The first-order chi connectivity index (χ1) is 17.5. The van der Waals surface area contributed by atoms with Gasteiger partial charge in [0, 0.05) is 62.9 Å². The fourth-order valence-corrected chi connectivity index (χ4v) is 5.38. The number of ether oxygens (including phenoxy) is 5. The first-order valence-electron chi connectivity index (χ1n) is 12.6. The number of fused-ring (bicyclic) bond motifs is 3. The zero-order valence-corrected chi connectivity index (χ0v) is 21.2. The molecule has 0 N–H and O–H groups in total. The van der Waals surface area contributed by atoms with Crippen molar-refractivity contribution in [3.8, 4) is 23.0 Å². The highest BCUT2D eigenvalue weighted by atomic mass is 19.1. The predicted molar refractivity (Wildman–Crippen MR) is 136 cm³/mol. The van der Waals surface area contributed by atoms with E-state index in [2.05, 4.69) is 15.9 Å². The summed E-state index contributed by atoms with van der Waals surface area (Å²) >= 11 is 0. The van der Waals surface area contributed by atoms with Gasteiger partial charge in [0.15, 0.2) is 11.5 Å². The molecule has 1 saturated heterocycles. The molecule has 1 fully saturated rings. The van der Waals surface area contributed by atoms with E-state index in [0.29, 0.717) is 30.5 Å². The van der Waals surface area contributed by atoms with Crippen molar-refractivity contribution in [2.75, 3.05) is 66.7 Å². The van der Waals surface area contributed by atoms with Crippen LogP contribution in [0.4, 0.5) is 4.39 Å². The van der Waals surface area contributed by atoms with Crippen molar-refractivity contribution in [2.24, 2.45) is 5.92 Å². The quantitative estimate of drug-likeness (QED) is 0.550. The number of piperazine rings is 1. The van der Waals surface area contributed by atoms with Crippen LogP contribution in [-0.4, -0.2) is 88.7 Å². The summed E-state index contributed by atoms with van der Waals surface area (Å²) in [4.78, 5) is 4.89. The lowest BCUT2D eigenvalue weighted by atomic mass is 9.84. The normalized spacial score (nSPS) is 23.1. The van der Waals surface area contributed by atoms with E-state index in [0.717, 1.165) is 50.6 Å². The Labute approximate surface area is 212 Å². The van der Waals surface area contributed by atoms with Gasteiger partial charge in [-0.1, -0.05) is 12.1 Å². The molecule has 7 nitrogen and oxygen atoms in total. The lowest BCUT2D eigenvalue weighted by Gasteiger charge is -2.41. The fourth-order valence-electron chi connectivity index (χ4n) is 5.38. The molecule has 0 spiro atoms. The van der Waals surface area contributed by atoms with Gasteiger partial charge in [-0.05, 0) is 30.7 Å². The van der Waals surface area contributed by atoms with Crippen molar-refractivity contribution in [3.05, 3.63) is 53.9 Å². The molecule has 3 heterocycles. The van der Waals surface area contributed by atoms with Crippen LogP contribution in [0.1, 0.15) is 12.5 Å². The standard InChI is InChI=1S/C28H35FN2O5/c1-19(36-21-6-4-5-20(29)13-21)16-30-8-10-31(11-9-30)17-28-24-18-35-25-15-27(33-3)26(32-2)14-23(25)22(24)7-12-34-28/h4-7,13-15,19,24,28H,8-12,16-18H2,1-3H3. The van der Waals surface area contributed by atoms with Gasteiger partial charge >= 0.3 is 0 Å². The highest BCUT2D eigenvalue weighted by molar-refractivity contribution is 5.77. The summed E-state index contributed by atoms with van der Waals surface area (Å²) in [5, 5.41) is 0. The minimum Gasteiger partial charge on any atom is -0.493 e. The second-order valence-corrected chi connectivity index (χ2v) is 9.64. The minimum absolute atomic E-state index is 0.0113. The Balaban J connectivity index is 1.15. The van der Waals surface area contributed by atoms with Crippen molar-refractivity contribution < 1.29 is 28.1 Å². The highest BCUT2D eigenvalue weighted by Gasteiger charge is 2.37. The lowest BCUT2D eigenvalue weighted by molar-refractivity contribution is -0.0144. The number of hydrogen-bond acceptors (Lipinski definition) is 7. The number of hydrogen-bond donors (Lipinski definition) is 0. The van der Waals surface area contributed by atoms with Gasteiger partial charge in [-0.15, -0.1) is 0 Å². The maximum atomic E-state index is 13.4. The van der Waals surface area contributed by atoms with Crippen LogP contribution in [-0.2, 0) is 4.74 Å². The molecule has 3 aliphatic rings. The van der Waals surface area contributed by atoms with Gasteiger partial charge in [0.1, 0.15) is 23.4 Å². The Morgan fingerprint density at radius 1 is 1.03 bits per heavy atom. The average Bonchev–Trinajstić information content (AvgIpc) is 2.89. The summed E-state index contributed by atoms with van der Waals surface area (Å²) in [6, 6.07) is 10.3. The molecule has 0 radical (unpaired) electrons. The SMILES string of the molecule is COc1cc2c(cc1OC)C1=CCOC(CN3CCN(CC(C)Oc4cccc(F)c4)CC3)C1CO2. The van der Waals surface area contributed by atoms with E-state index in [-0.39, 0.29) is 23.9 Å². The van der Waals surface area contributed by atoms with Crippen LogP contribution in [0, 0.1) is 11.7 Å². The third-order valence-electron chi connectivity index (χ3n) is 7.23. The summed E-state index contributed by atoms with van der Waals surface area (Å²) in [6.45, 7) is 8.79. The van der Waals surface area contributed by atoms with Gasteiger partial charge in [-0.25, -0.2) is 4.39 Å². The lowest BCUT2D eigenvalue weighted by Crippen LogP contribution is -2.52. The molecule has 2 aromatic carbocycles. The van der Waals surface area contributed by atoms with Crippen molar-refractivity contribution in [3.63, 3.8) is 0 Å². The highest BCUT2D eigenvalue weighted by Crippen LogP contribution is 2.45. The summed E-state index contributed by atoms with van der Waals surface area (Å²) < 4.78 is 42.7. The number of benzene rings is 2. The Morgan fingerprint density at radius 2 is 1.78 bits per heavy atom. The van der Waals surface area contributed by atoms with Gasteiger partial charge in [-0.2, -0.15) is 0 Å². The molecule has 2 aromatic rings. The Hall–Kier alpha value is -2.81. The molecule has 8 heteroatoms. The molecule has 0 saturated carbocycles. The predicted octanol–water partition coefficient (Wildman–Crippen LogP) is 3.72. The molecule has 0 bridgehead atoms. The van der Waals surface area contributed by atoms with Gasteiger partial charge in [0.2, 0.25) is 0 Å². The minimum atomic E-state index is -0.276. The number of rotatable bonds is 8. The third-order valence-corrected chi connectivity index (χ3v) is 7.23. The second-order valence-electron chi connectivity index (χ2n) is 9.64. The van der Waals surface area contributed by atoms with Crippen LogP contribution < -0.4 is 18.9 Å². The monoisotopic (exact) mass is 498 g/mol. The first-order valence-corrected chi connectivity index (χ1v) is 12.6. The van der Waals surface area contributed by atoms with E-state index >= 15 is 0 Å². The van der Waals surface area contributed by atoms with Gasteiger partial charge in [-0.3, -0.25) is 9.80 Å². The van der Waals surface area contributed by atoms with E-state index in [4.69, 9.17) is 23.7 Å². The molecule has 194 valence electrons. The second kappa shape index (κ2) is 11.1. The maximum absolute atomic E-state index is 13.4. The topological polar surface area (TPSA) is 52.6 Å². The molecule has 3 unspecified atom stereocenters. The summed E-state index contributed by atoms with van der Waals surface area (Å²) in [7, 11) is 3.29. The molecule has 5 rings (SSSR count). The Morgan fingerprint density at radius 3 is 2.53 bits per heavy atom. The molecule has 0 aliphatic carbocycles. The Bertz CT molecular complexity index is 1090. The van der Waals surface area contributed by atoms with E-state index in [9.17, 15) is 4.39 Å². The van der Waals surface area contributed by atoms with Crippen LogP contribution in [0.2, 0.25) is 0 Å². The maximum Gasteiger partial charge on any atom is 0.164 e.